The number of esters is 5. The van der Waals surface area contributed by atoms with Gasteiger partial charge in [0.05, 0.1) is 11.8 Å². The van der Waals surface area contributed by atoms with Gasteiger partial charge in [-0.15, -0.1) is 0 Å². The predicted molar refractivity (Wildman–Crippen MR) is 154 cm³/mol. The lowest BCUT2D eigenvalue weighted by Crippen LogP contribution is -2.64. The summed E-state index contributed by atoms with van der Waals surface area (Å²) in [5.41, 5.74) is -6.05. The minimum atomic E-state index is -2.60. The Balaban J connectivity index is 2.37. The summed E-state index contributed by atoms with van der Waals surface area (Å²) in [4.78, 5) is 65.1. The highest BCUT2D eigenvalue weighted by molar-refractivity contribution is 5.89. The van der Waals surface area contributed by atoms with Crippen LogP contribution in [0.25, 0.3) is 0 Å². The summed E-state index contributed by atoms with van der Waals surface area (Å²) in [6.07, 6.45) is -2.90. The Morgan fingerprint density at radius 3 is 2.05 bits per heavy atom. The molecule has 1 saturated heterocycles. The quantitative estimate of drug-likeness (QED) is 0.176. The van der Waals surface area contributed by atoms with Gasteiger partial charge >= 0.3 is 29.8 Å². The van der Waals surface area contributed by atoms with Gasteiger partial charge in [0.1, 0.15) is 11.7 Å². The summed E-state index contributed by atoms with van der Waals surface area (Å²) < 4.78 is 29.2. The number of carbonyl (C=O) groups is 5. The van der Waals surface area contributed by atoms with Crippen molar-refractivity contribution in [3.63, 3.8) is 0 Å². The Morgan fingerprint density at radius 2 is 1.55 bits per heavy atom. The molecule has 1 aliphatic heterocycles. The molecule has 12 heteroatoms. The smallest absolute Gasteiger partial charge is 0.341 e. The lowest BCUT2D eigenvalue weighted by atomic mass is 9.75. The number of rotatable bonds is 8. The van der Waals surface area contributed by atoms with Crippen molar-refractivity contribution in [3.8, 4) is 0 Å². The second kappa shape index (κ2) is 12.5. The molecule has 1 saturated carbocycles. The SMILES string of the molecule is C/C=C(/C)C(=O)OC1C(C)=C2C(C1OC(=O)/C(C)=C\C)C(C)(OC(C)=O)CC(OC(=O)C(C)CC)C1(O)C2OC(=O)C1(C)O. The Morgan fingerprint density at radius 1 is 1.00 bits per heavy atom. The first-order chi connectivity index (χ1) is 20.3. The molecule has 1 heterocycles. The molecule has 9 atom stereocenters. The van der Waals surface area contributed by atoms with Gasteiger partial charge in [-0.25, -0.2) is 14.4 Å². The van der Waals surface area contributed by atoms with Crippen molar-refractivity contribution >= 4 is 29.8 Å². The maximum Gasteiger partial charge on any atom is 0.341 e. The van der Waals surface area contributed by atoms with Gasteiger partial charge in [-0.05, 0) is 66.0 Å². The maximum absolute atomic E-state index is 13.2. The largest absolute Gasteiger partial charge is 0.459 e. The van der Waals surface area contributed by atoms with E-state index >= 15 is 0 Å². The van der Waals surface area contributed by atoms with Crippen molar-refractivity contribution in [2.45, 2.75) is 123 Å². The van der Waals surface area contributed by atoms with E-state index in [2.05, 4.69) is 0 Å². The number of hydrogen-bond acceptors (Lipinski definition) is 12. The van der Waals surface area contributed by atoms with Gasteiger partial charge in [0.15, 0.2) is 29.5 Å². The molecule has 44 heavy (non-hydrogen) atoms. The maximum atomic E-state index is 13.2. The molecular formula is C32H44O12. The molecule has 0 aromatic carbocycles. The van der Waals surface area contributed by atoms with Crippen molar-refractivity contribution in [1.82, 2.24) is 0 Å². The molecule has 0 amide bonds. The first-order valence-electron chi connectivity index (χ1n) is 14.8. The first kappa shape index (κ1) is 35.0. The second-order valence-electron chi connectivity index (χ2n) is 12.3. The van der Waals surface area contributed by atoms with E-state index in [0.717, 1.165) is 13.8 Å². The third kappa shape index (κ3) is 5.69. The van der Waals surface area contributed by atoms with Gasteiger partial charge in [0.25, 0.3) is 0 Å². The Kier molecular flexibility index (Phi) is 9.91. The van der Waals surface area contributed by atoms with Crippen molar-refractivity contribution in [1.29, 1.82) is 0 Å². The van der Waals surface area contributed by atoms with E-state index in [4.69, 9.17) is 23.7 Å². The van der Waals surface area contributed by atoms with E-state index in [0.29, 0.717) is 6.42 Å². The topological polar surface area (TPSA) is 172 Å². The number of carbonyl (C=O) groups excluding carboxylic acids is 5. The summed E-state index contributed by atoms with van der Waals surface area (Å²) in [6, 6.07) is 0. The van der Waals surface area contributed by atoms with Crippen LogP contribution in [0.4, 0.5) is 0 Å². The zero-order chi connectivity index (χ0) is 33.5. The monoisotopic (exact) mass is 620 g/mol. The fraction of sp³-hybridized carbons (Fsp3) is 0.656. The van der Waals surface area contributed by atoms with Crippen LogP contribution >= 0.6 is 0 Å². The van der Waals surface area contributed by atoms with Gasteiger partial charge in [-0.2, -0.15) is 0 Å². The highest BCUT2D eigenvalue weighted by atomic mass is 16.6. The number of aliphatic hydroxyl groups is 2. The molecule has 0 aromatic heterocycles. The molecule has 2 aliphatic carbocycles. The van der Waals surface area contributed by atoms with Gasteiger partial charge in [-0.3, -0.25) is 9.59 Å². The summed E-state index contributed by atoms with van der Waals surface area (Å²) in [5, 5.41) is 23.9. The van der Waals surface area contributed by atoms with Crippen molar-refractivity contribution in [2.24, 2.45) is 11.8 Å². The summed E-state index contributed by atoms with van der Waals surface area (Å²) in [5.74, 6) is -5.93. The van der Waals surface area contributed by atoms with E-state index in [1.807, 2.05) is 0 Å². The van der Waals surface area contributed by atoms with Crippen LogP contribution in [0.1, 0.15) is 82.1 Å². The minimum absolute atomic E-state index is 0.108. The van der Waals surface area contributed by atoms with Crippen LogP contribution < -0.4 is 0 Å². The molecule has 2 N–H and O–H groups in total. The van der Waals surface area contributed by atoms with Gasteiger partial charge < -0.3 is 33.9 Å². The molecule has 0 spiro atoms. The molecule has 0 aromatic rings. The van der Waals surface area contributed by atoms with E-state index in [-0.39, 0.29) is 22.3 Å². The predicted octanol–water partition coefficient (Wildman–Crippen LogP) is 2.78. The van der Waals surface area contributed by atoms with Crippen LogP contribution in [-0.4, -0.2) is 81.3 Å². The van der Waals surface area contributed by atoms with Crippen LogP contribution in [0.2, 0.25) is 0 Å². The molecular weight excluding hydrogens is 576 g/mol. The van der Waals surface area contributed by atoms with E-state index in [9.17, 15) is 34.2 Å². The lowest BCUT2D eigenvalue weighted by Gasteiger charge is -2.42. The first-order valence-corrected chi connectivity index (χ1v) is 14.8. The van der Waals surface area contributed by atoms with E-state index in [1.54, 1.807) is 34.6 Å². The zero-order valence-electron chi connectivity index (χ0n) is 27.0. The fourth-order valence-electron chi connectivity index (χ4n) is 6.15. The number of allylic oxidation sites excluding steroid dienone is 2. The van der Waals surface area contributed by atoms with Gasteiger partial charge in [0, 0.05) is 24.5 Å². The number of fused-ring (bicyclic) bond motifs is 3. The molecule has 2 fully saturated rings. The number of hydrogen-bond donors (Lipinski definition) is 2. The second-order valence-corrected chi connectivity index (χ2v) is 12.3. The van der Waals surface area contributed by atoms with Crippen molar-refractivity contribution in [2.75, 3.05) is 0 Å². The van der Waals surface area contributed by atoms with Crippen molar-refractivity contribution in [3.05, 3.63) is 34.4 Å². The minimum Gasteiger partial charge on any atom is -0.459 e. The molecule has 3 aliphatic rings. The van der Waals surface area contributed by atoms with Crippen LogP contribution in [0.5, 0.6) is 0 Å². The van der Waals surface area contributed by atoms with Crippen LogP contribution in [-0.2, 0) is 47.7 Å². The van der Waals surface area contributed by atoms with Crippen LogP contribution in [0.15, 0.2) is 34.4 Å². The highest BCUT2D eigenvalue weighted by Crippen LogP contribution is 2.57. The van der Waals surface area contributed by atoms with Crippen molar-refractivity contribution < 1.29 is 57.9 Å². The molecule has 12 nitrogen and oxygen atoms in total. The molecule has 3 rings (SSSR count). The third-order valence-electron chi connectivity index (χ3n) is 9.31. The molecule has 0 radical (unpaired) electrons. The zero-order valence-corrected chi connectivity index (χ0v) is 27.0. The normalized spacial score (nSPS) is 36.0. The Labute approximate surface area is 257 Å². The van der Waals surface area contributed by atoms with E-state index in [1.165, 1.54) is 32.9 Å². The highest BCUT2D eigenvalue weighted by Gasteiger charge is 2.76. The lowest BCUT2D eigenvalue weighted by molar-refractivity contribution is -0.213. The Bertz CT molecular complexity index is 1320. The summed E-state index contributed by atoms with van der Waals surface area (Å²) >= 11 is 0. The van der Waals surface area contributed by atoms with Crippen LogP contribution in [0, 0.1) is 11.8 Å². The third-order valence-corrected chi connectivity index (χ3v) is 9.31. The average molecular weight is 621 g/mol. The standard InChI is InChI=1S/C32H44O12/c1-11-15(4)26(34)40-20-14-30(9,44-19(8)33)22-21(25-32(20,39)31(10,38)29(37)43-25)18(7)23(41-27(35)16(5)12-2)24(22)42-28(36)17(6)13-3/h12-13,15,20,22-25,38-39H,11,14H2,1-10H3/b16-12-,17-13-. The Hall–Kier alpha value is -3.51. The van der Waals surface area contributed by atoms with Crippen LogP contribution in [0.3, 0.4) is 0 Å². The molecule has 244 valence electrons. The molecule has 9 unspecified atom stereocenters. The average Bonchev–Trinajstić information content (AvgIpc) is 3.29. The number of ether oxygens (including phenoxy) is 5. The van der Waals surface area contributed by atoms with Gasteiger partial charge in [-0.1, -0.05) is 26.0 Å². The van der Waals surface area contributed by atoms with E-state index < -0.39 is 89.3 Å². The van der Waals surface area contributed by atoms with Gasteiger partial charge in [0.2, 0.25) is 0 Å². The summed E-state index contributed by atoms with van der Waals surface area (Å²) in [7, 11) is 0. The fourth-order valence-corrected chi connectivity index (χ4v) is 6.15. The summed E-state index contributed by atoms with van der Waals surface area (Å²) in [6.45, 7) is 15.0. The molecule has 0 bridgehead atoms.